The Labute approximate surface area is 119 Å². The van der Waals surface area contributed by atoms with Crippen LogP contribution in [0.4, 0.5) is 0 Å². The number of carbonyl (C=O) groups is 4. The van der Waals surface area contributed by atoms with Gasteiger partial charge >= 0.3 is 17.9 Å². The molecule has 112 valence electrons. The zero-order valence-electron chi connectivity index (χ0n) is 11.2. The number of esters is 3. The van der Waals surface area contributed by atoms with Crippen molar-refractivity contribution in [2.75, 3.05) is 7.11 Å². The van der Waals surface area contributed by atoms with E-state index >= 15 is 0 Å². The molecule has 0 aromatic heterocycles. The summed E-state index contributed by atoms with van der Waals surface area (Å²) in [6, 6.07) is 2.33. The van der Waals surface area contributed by atoms with Crippen LogP contribution in [0.3, 0.4) is 0 Å². The predicted molar refractivity (Wildman–Crippen MR) is 67.1 cm³/mol. The van der Waals surface area contributed by atoms with Gasteiger partial charge in [-0.25, -0.2) is 9.59 Å². The lowest BCUT2D eigenvalue weighted by molar-refractivity contribution is -0.141. The topological polar surface area (TPSA) is 116 Å². The first-order chi connectivity index (χ1) is 9.94. The van der Waals surface area contributed by atoms with Crippen molar-refractivity contribution in [1.82, 2.24) is 0 Å². The number of rotatable bonds is 5. The minimum Gasteiger partial charge on any atom is -0.502 e. The highest BCUT2D eigenvalue weighted by atomic mass is 16.6. The van der Waals surface area contributed by atoms with Gasteiger partial charge in [-0.15, -0.1) is 0 Å². The number of carbonyl (C=O) groups excluding carboxylic acids is 4. The Bertz CT molecular complexity index is 590. The summed E-state index contributed by atoms with van der Waals surface area (Å²) >= 11 is 0. The first kappa shape index (κ1) is 16.2. The highest BCUT2D eigenvalue weighted by Gasteiger charge is 2.24. The zero-order valence-corrected chi connectivity index (χ0v) is 11.2. The third-order valence-corrected chi connectivity index (χ3v) is 2.33. The maximum Gasteiger partial charge on any atom is 0.376 e. The molecule has 0 unspecified atom stereocenters. The van der Waals surface area contributed by atoms with Gasteiger partial charge in [-0.05, 0) is 12.1 Å². The molecule has 8 heteroatoms. The molecule has 0 atom stereocenters. The van der Waals surface area contributed by atoms with Crippen molar-refractivity contribution in [3.05, 3.63) is 17.7 Å². The van der Waals surface area contributed by atoms with Crippen LogP contribution < -0.4 is 9.47 Å². The van der Waals surface area contributed by atoms with Gasteiger partial charge in [0.05, 0.1) is 7.11 Å². The second-order valence-corrected chi connectivity index (χ2v) is 3.65. The van der Waals surface area contributed by atoms with E-state index in [1.807, 2.05) is 0 Å². The summed E-state index contributed by atoms with van der Waals surface area (Å²) in [5.41, 5.74) is -0.398. The standard InChI is InChI=1S/C13H12O8/c1-3-9(15)21-13(18)7-4-5-8(19-2)11(17)12(7)20-10(16)6-14/h4-6,17H,3H2,1-2H3. The van der Waals surface area contributed by atoms with Crippen molar-refractivity contribution in [2.45, 2.75) is 13.3 Å². The summed E-state index contributed by atoms with van der Waals surface area (Å²) in [6.07, 6.45) is -0.192. The van der Waals surface area contributed by atoms with Crippen molar-refractivity contribution >= 4 is 24.2 Å². The van der Waals surface area contributed by atoms with Gasteiger partial charge in [0.15, 0.2) is 11.5 Å². The fourth-order valence-corrected chi connectivity index (χ4v) is 1.34. The number of ether oxygens (including phenoxy) is 3. The Balaban J connectivity index is 3.26. The van der Waals surface area contributed by atoms with Gasteiger partial charge in [0.25, 0.3) is 0 Å². The molecular formula is C13H12O8. The second-order valence-electron chi connectivity index (χ2n) is 3.65. The van der Waals surface area contributed by atoms with E-state index in [0.29, 0.717) is 0 Å². The monoisotopic (exact) mass is 296 g/mol. The molecular weight excluding hydrogens is 284 g/mol. The van der Waals surface area contributed by atoms with E-state index in [4.69, 9.17) is 4.74 Å². The molecule has 0 fully saturated rings. The molecule has 21 heavy (non-hydrogen) atoms. The summed E-state index contributed by atoms with van der Waals surface area (Å²) in [4.78, 5) is 44.2. The van der Waals surface area contributed by atoms with Gasteiger partial charge < -0.3 is 19.3 Å². The lowest BCUT2D eigenvalue weighted by atomic mass is 10.1. The Morgan fingerprint density at radius 1 is 1.29 bits per heavy atom. The number of hydrogen-bond acceptors (Lipinski definition) is 8. The van der Waals surface area contributed by atoms with Gasteiger partial charge in [0.2, 0.25) is 12.0 Å². The van der Waals surface area contributed by atoms with Crippen molar-refractivity contribution in [3.63, 3.8) is 0 Å². The number of phenols is 1. The predicted octanol–water partition coefficient (Wildman–Crippen LogP) is 0.598. The van der Waals surface area contributed by atoms with Crippen LogP contribution in [0.25, 0.3) is 0 Å². The average Bonchev–Trinajstić information content (AvgIpc) is 2.48. The van der Waals surface area contributed by atoms with Crippen molar-refractivity contribution < 1.29 is 38.5 Å². The highest BCUT2D eigenvalue weighted by molar-refractivity contribution is 6.21. The average molecular weight is 296 g/mol. The van der Waals surface area contributed by atoms with E-state index < -0.39 is 35.0 Å². The molecule has 1 aromatic carbocycles. The lowest BCUT2D eigenvalue weighted by Crippen LogP contribution is -2.16. The smallest absolute Gasteiger partial charge is 0.376 e. The molecule has 1 aromatic rings. The molecule has 0 saturated carbocycles. The molecule has 0 aliphatic heterocycles. The number of methoxy groups -OCH3 is 1. The van der Waals surface area contributed by atoms with Crippen LogP contribution >= 0.6 is 0 Å². The third-order valence-electron chi connectivity index (χ3n) is 2.33. The Morgan fingerprint density at radius 2 is 1.95 bits per heavy atom. The van der Waals surface area contributed by atoms with Gasteiger partial charge in [-0.3, -0.25) is 9.59 Å². The highest BCUT2D eigenvalue weighted by Crippen LogP contribution is 2.39. The van der Waals surface area contributed by atoms with Crippen LogP contribution in [0.5, 0.6) is 17.2 Å². The fraction of sp³-hybridized carbons (Fsp3) is 0.231. The van der Waals surface area contributed by atoms with Gasteiger partial charge in [-0.2, -0.15) is 0 Å². The number of hydrogen-bond donors (Lipinski definition) is 1. The molecule has 0 saturated heterocycles. The lowest BCUT2D eigenvalue weighted by Gasteiger charge is -2.12. The van der Waals surface area contributed by atoms with Crippen LogP contribution in [0, 0.1) is 0 Å². The molecule has 1 rings (SSSR count). The van der Waals surface area contributed by atoms with Gasteiger partial charge in [0, 0.05) is 6.42 Å². The van der Waals surface area contributed by atoms with Gasteiger partial charge in [0.1, 0.15) is 5.56 Å². The van der Waals surface area contributed by atoms with Crippen molar-refractivity contribution in [2.24, 2.45) is 0 Å². The van der Waals surface area contributed by atoms with Crippen LogP contribution in [0.15, 0.2) is 12.1 Å². The summed E-state index contributed by atoms with van der Waals surface area (Å²) in [7, 11) is 1.24. The number of benzene rings is 1. The minimum absolute atomic E-state index is 0.0443. The largest absolute Gasteiger partial charge is 0.502 e. The second kappa shape index (κ2) is 7.04. The van der Waals surface area contributed by atoms with Crippen LogP contribution in [-0.2, 0) is 19.1 Å². The molecule has 0 radical (unpaired) electrons. The SMILES string of the molecule is CCC(=O)OC(=O)c1ccc(OC)c(O)c1OC(=O)C=O. The Morgan fingerprint density at radius 3 is 2.48 bits per heavy atom. The normalized spacial score (nSPS) is 9.62. The number of phenolic OH excluding ortho intramolecular Hbond substituents is 1. The first-order valence-electron chi connectivity index (χ1n) is 5.76. The molecule has 0 spiro atoms. The molecule has 0 aliphatic carbocycles. The zero-order chi connectivity index (χ0) is 16.0. The maximum absolute atomic E-state index is 11.8. The molecule has 0 aliphatic rings. The van der Waals surface area contributed by atoms with Crippen LogP contribution in [-0.4, -0.2) is 36.4 Å². The molecule has 1 N–H and O–H groups in total. The molecule has 8 nitrogen and oxygen atoms in total. The quantitative estimate of drug-likeness (QED) is 0.276. The minimum atomic E-state index is -1.34. The summed E-state index contributed by atoms with van der Waals surface area (Å²) < 4.78 is 13.8. The van der Waals surface area contributed by atoms with Crippen molar-refractivity contribution in [3.8, 4) is 17.2 Å². The van der Waals surface area contributed by atoms with E-state index in [1.54, 1.807) is 0 Å². The van der Waals surface area contributed by atoms with E-state index in [9.17, 15) is 24.3 Å². The van der Waals surface area contributed by atoms with E-state index in [0.717, 1.165) is 6.07 Å². The Kier molecular flexibility index (Phi) is 5.41. The molecule has 0 heterocycles. The van der Waals surface area contributed by atoms with Crippen LogP contribution in [0.2, 0.25) is 0 Å². The summed E-state index contributed by atoms with van der Waals surface area (Å²) in [5.74, 6) is -4.67. The molecule has 0 bridgehead atoms. The van der Waals surface area contributed by atoms with Gasteiger partial charge in [-0.1, -0.05) is 6.92 Å². The maximum atomic E-state index is 11.8. The van der Waals surface area contributed by atoms with Crippen molar-refractivity contribution in [1.29, 1.82) is 0 Å². The molecule has 0 amide bonds. The van der Waals surface area contributed by atoms with E-state index in [2.05, 4.69) is 9.47 Å². The van der Waals surface area contributed by atoms with Crippen LogP contribution in [0.1, 0.15) is 23.7 Å². The summed E-state index contributed by atoms with van der Waals surface area (Å²) in [5, 5.41) is 9.84. The fourth-order valence-electron chi connectivity index (χ4n) is 1.34. The number of aromatic hydroxyl groups is 1. The van der Waals surface area contributed by atoms with E-state index in [1.165, 1.54) is 20.1 Å². The van der Waals surface area contributed by atoms with E-state index in [-0.39, 0.29) is 18.5 Å². The summed E-state index contributed by atoms with van der Waals surface area (Å²) in [6.45, 7) is 1.48. The number of aldehydes is 1. The Hall–Kier alpha value is -2.90. The third kappa shape index (κ3) is 3.78. The first-order valence-corrected chi connectivity index (χ1v) is 5.76.